The van der Waals surface area contributed by atoms with Crippen molar-refractivity contribution in [2.24, 2.45) is 0 Å². The highest BCUT2D eigenvalue weighted by Gasteiger charge is 2.18. The van der Waals surface area contributed by atoms with E-state index < -0.39 is 5.82 Å². The molecule has 0 spiro atoms. The molecule has 0 aliphatic heterocycles. The van der Waals surface area contributed by atoms with Gasteiger partial charge < -0.3 is 11.1 Å². The minimum absolute atomic E-state index is 0.201. The molecule has 2 aromatic heterocycles. The zero-order valence-electron chi connectivity index (χ0n) is 11.1. The number of fused-ring (bicyclic) bond motifs is 1. The zero-order valence-corrected chi connectivity index (χ0v) is 12.8. The summed E-state index contributed by atoms with van der Waals surface area (Å²) >= 11 is 2.68. The van der Waals surface area contributed by atoms with Crippen molar-refractivity contribution in [2.45, 2.75) is 13.5 Å². The molecule has 4 nitrogen and oxygen atoms in total. The Morgan fingerprint density at radius 2 is 2.29 bits per heavy atom. The van der Waals surface area contributed by atoms with E-state index in [0.717, 1.165) is 10.6 Å². The van der Waals surface area contributed by atoms with Crippen LogP contribution in [0.2, 0.25) is 0 Å². The van der Waals surface area contributed by atoms with Crippen LogP contribution in [0.5, 0.6) is 0 Å². The van der Waals surface area contributed by atoms with E-state index in [-0.39, 0.29) is 11.6 Å². The van der Waals surface area contributed by atoms with E-state index in [9.17, 15) is 9.18 Å². The average molecular weight is 321 g/mol. The van der Waals surface area contributed by atoms with E-state index >= 15 is 0 Å². The molecule has 0 saturated carbocycles. The van der Waals surface area contributed by atoms with Gasteiger partial charge in [0.25, 0.3) is 5.91 Å². The molecule has 3 rings (SSSR count). The summed E-state index contributed by atoms with van der Waals surface area (Å²) in [4.78, 5) is 17.7. The van der Waals surface area contributed by atoms with Crippen LogP contribution in [0.4, 0.5) is 10.1 Å². The van der Waals surface area contributed by atoms with Gasteiger partial charge in [-0.05, 0) is 19.1 Å². The van der Waals surface area contributed by atoms with Gasteiger partial charge in [0, 0.05) is 9.58 Å². The standard InChI is InChI=1S/C14H12FN3OS2/c1-7-10(20-6-18-7)5-17-14(19)13-12(16)11-8(15)3-2-4-9(11)21-13/h2-4,6H,5,16H2,1H3,(H,17,19). The first-order chi connectivity index (χ1) is 10.1. The number of amides is 1. The fourth-order valence-corrected chi connectivity index (χ4v) is 3.80. The quantitative estimate of drug-likeness (QED) is 0.777. The number of nitrogens with zero attached hydrogens (tertiary/aromatic N) is 1. The molecule has 3 aromatic rings. The summed E-state index contributed by atoms with van der Waals surface area (Å²) in [6.45, 7) is 2.28. The van der Waals surface area contributed by atoms with Gasteiger partial charge >= 0.3 is 0 Å². The number of aromatic nitrogens is 1. The fraction of sp³-hybridized carbons (Fsp3) is 0.143. The van der Waals surface area contributed by atoms with E-state index in [1.807, 2.05) is 6.92 Å². The highest BCUT2D eigenvalue weighted by molar-refractivity contribution is 7.21. The summed E-state index contributed by atoms with van der Waals surface area (Å²) in [6.07, 6.45) is 0. The number of halogens is 1. The number of hydrogen-bond acceptors (Lipinski definition) is 5. The monoisotopic (exact) mass is 321 g/mol. The van der Waals surface area contributed by atoms with Crippen molar-refractivity contribution in [3.63, 3.8) is 0 Å². The Morgan fingerprint density at radius 1 is 1.48 bits per heavy atom. The molecule has 1 amide bonds. The van der Waals surface area contributed by atoms with Crippen LogP contribution in [0.15, 0.2) is 23.7 Å². The van der Waals surface area contributed by atoms with E-state index in [2.05, 4.69) is 10.3 Å². The van der Waals surface area contributed by atoms with Crippen LogP contribution < -0.4 is 11.1 Å². The minimum atomic E-state index is -0.404. The van der Waals surface area contributed by atoms with Gasteiger partial charge in [-0.25, -0.2) is 9.37 Å². The first-order valence-electron chi connectivity index (χ1n) is 6.21. The largest absolute Gasteiger partial charge is 0.397 e. The molecule has 0 unspecified atom stereocenters. The number of rotatable bonds is 3. The smallest absolute Gasteiger partial charge is 0.263 e. The molecule has 108 valence electrons. The number of nitrogens with two attached hydrogens (primary N) is 1. The van der Waals surface area contributed by atoms with Crippen LogP contribution in [0, 0.1) is 12.7 Å². The van der Waals surface area contributed by atoms with E-state index in [4.69, 9.17) is 5.73 Å². The van der Waals surface area contributed by atoms with E-state index in [1.54, 1.807) is 17.6 Å². The molecule has 0 fully saturated rings. The average Bonchev–Trinajstić information content (AvgIpc) is 3.01. The van der Waals surface area contributed by atoms with Gasteiger partial charge in [-0.1, -0.05) is 6.07 Å². The SMILES string of the molecule is Cc1ncsc1CNC(=O)c1sc2cccc(F)c2c1N. The first-order valence-corrected chi connectivity index (χ1v) is 7.91. The summed E-state index contributed by atoms with van der Waals surface area (Å²) in [5, 5.41) is 3.12. The number of nitrogen functional groups attached to an aromatic ring is 1. The van der Waals surface area contributed by atoms with Crippen LogP contribution in [0.1, 0.15) is 20.2 Å². The third-order valence-electron chi connectivity index (χ3n) is 3.16. The highest BCUT2D eigenvalue weighted by atomic mass is 32.1. The summed E-state index contributed by atoms with van der Waals surface area (Å²) in [7, 11) is 0. The maximum atomic E-state index is 13.8. The van der Waals surface area contributed by atoms with Crippen molar-refractivity contribution in [3.8, 4) is 0 Å². The molecule has 1 aromatic carbocycles. The lowest BCUT2D eigenvalue weighted by molar-refractivity contribution is 0.0956. The number of thiazole rings is 1. The Hall–Kier alpha value is -1.99. The van der Waals surface area contributed by atoms with Crippen molar-refractivity contribution in [1.29, 1.82) is 0 Å². The summed E-state index contributed by atoms with van der Waals surface area (Å²) in [6, 6.07) is 4.70. The van der Waals surface area contributed by atoms with Crippen molar-refractivity contribution >= 4 is 44.4 Å². The number of benzene rings is 1. The molecule has 0 bridgehead atoms. The van der Waals surface area contributed by atoms with Gasteiger partial charge in [-0.3, -0.25) is 4.79 Å². The van der Waals surface area contributed by atoms with Crippen molar-refractivity contribution in [2.75, 3.05) is 5.73 Å². The van der Waals surface area contributed by atoms with Gasteiger partial charge in [0.05, 0.1) is 28.8 Å². The van der Waals surface area contributed by atoms with E-state index in [1.165, 1.54) is 28.7 Å². The van der Waals surface area contributed by atoms with Gasteiger partial charge in [-0.2, -0.15) is 0 Å². The number of carbonyl (C=O) groups is 1. The molecule has 21 heavy (non-hydrogen) atoms. The lowest BCUT2D eigenvalue weighted by atomic mass is 10.2. The molecule has 0 atom stereocenters. The number of nitrogens with one attached hydrogen (secondary N) is 1. The Balaban J connectivity index is 1.87. The predicted molar refractivity (Wildman–Crippen MR) is 84.2 cm³/mol. The Labute approximate surface area is 128 Å². The Bertz CT molecular complexity index is 825. The highest BCUT2D eigenvalue weighted by Crippen LogP contribution is 2.35. The van der Waals surface area contributed by atoms with Crippen molar-refractivity contribution < 1.29 is 9.18 Å². The molecule has 0 aliphatic rings. The number of carbonyl (C=O) groups excluding carboxylic acids is 1. The molecular weight excluding hydrogens is 309 g/mol. The van der Waals surface area contributed by atoms with Crippen LogP contribution in [0.25, 0.3) is 10.1 Å². The van der Waals surface area contributed by atoms with Crippen molar-refractivity contribution in [1.82, 2.24) is 10.3 Å². The topological polar surface area (TPSA) is 68.0 Å². The molecular formula is C14H12FN3OS2. The Morgan fingerprint density at radius 3 is 2.95 bits per heavy atom. The molecule has 7 heteroatoms. The van der Waals surface area contributed by atoms with Crippen LogP contribution >= 0.6 is 22.7 Å². The third kappa shape index (κ3) is 2.50. The number of hydrogen-bond donors (Lipinski definition) is 2. The van der Waals surface area contributed by atoms with Gasteiger partial charge in [-0.15, -0.1) is 22.7 Å². The number of aryl methyl sites for hydroxylation is 1. The summed E-state index contributed by atoms with van der Waals surface area (Å²) in [5.41, 5.74) is 8.75. The Kier molecular flexibility index (Phi) is 3.60. The van der Waals surface area contributed by atoms with Crippen LogP contribution in [-0.4, -0.2) is 10.9 Å². The molecule has 0 aliphatic carbocycles. The van der Waals surface area contributed by atoms with Gasteiger partial charge in [0.2, 0.25) is 0 Å². The van der Waals surface area contributed by atoms with Crippen molar-refractivity contribution in [3.05, 3.63) is 45.0 Å². The fourth-order valence-electron chi connectivity index (χ4n) is 2.03. The molecule has 3 N–H and O–H groups in total. The number of thiophene rings is 1. The predicted octanol–water partition coefficient (Wildman–Crippen LogP) is 3.32. The molecule has 0 radical (unpaired) electrons. The lowest BCUT2D eigenvalue weighted by Gasteiger charge is -2.03. The molecule has 0 saturated heterocycles. The van der Waals surface area contributed by atoms with Crippen LogP contribution in [0.3, 0.4) is 0 Å². The summed E-state index contributed by atoms with van der Waals surface area (Å²) in [5.74, 6) is -0.695. The second kappa shape index (κ2) is 5.42. The normalized spacial score (nSPS) is 11.0. The molecule has 2 heterocycles. The number of anilines is 1. The third-order valence-corrected chi connectivity index (χ3v) is 5.27. The zero-order chi connectivity index (χ0) is 15.0. The maximum Gasteiger partial charge on any atom is 0.263 e. The van der Waals surface area contributed by atoms with Gasteiger partial charge in [0.15, 0.2) is 0 Å². The first kappa shape index (κ1) is 14.0. The minimum Gasteiger partial charge on any atom is -0.397 e. The summed E-state index contributed by atoms with van der Waals surface area (Å²) < 4.78 is 14.4. The second-order valence-corrected chi connectivity index (χ2v) is 6.49. The van der Waals surface area contributed by atoms with E-state index in [0.29, 0.717) is 21.5 Å². The van der Waals surface area contributed by atoms with Crippen LogP contribution in [-0.2, 0) is 6.54 Å². The second-order valence-electron chi connectivity index (χ2n) is 4.50. The lowest BCUT2D eigenvalue weighted by Crippen LogP contribution is -2.22. The van der Waals surface area contributed by atoms with Gasteiger partial charge in [0.1, 0.15) is 10.7 Å². The maximum absolute atomic E-state index is 13.8.